The minimum absolute atomic E-state index is 0.214. The van der Waals surface area contributed by atoms with Crippen molar-refractivity contribution in [2.75, 3.05) is 29.9 Å². The van der Waals surface area contributed by atoms with Gasteiger partial charge in [0.05, 0.1) is 64.6 Å². The third-order valence-corrected chi connectivity index (χ3v) is 13.0. The predicted octanol–water partition coefficient (Wildman–Crippen LogP) is 4.70. The van der Waals surface area contributed by atoms with E-state index in [0.29, 0.717) is 65.2 Å². The molecule has 58 heavy (non-hydrogen) atoms. The summed E-state index contributed by atoms with van der Waals surface area (Å²) in [5, 5.41) is 39.0. The number of imide groups is 1. The predicted molar refractivity (Wildman–Crippen MR) is 214 cm³/mol. The second-order valence-electron chi connectivity index (χ2n) is 16.5. The average molecular weight is 779 g/mol. The molecule has 2 N–H and O–H groups in total. The Morgan fingerprint density at radius 3 is 2.60 bits per heavy atom. The van der Waals surface area contributed by atoms with Crippen LogP contribution in [0.15, 0.2) is 55.2 Å². The van der Waals surface area contributed by atoms with Crippen LogP contribution in [0.3, 0.4) is 0 Å². The molecule has 16 nitrogen and oxygen atoms in total. The molecule has 2 amide bonds. The van der Waals surface area contributed by atoms with Crippen molar-refractivity contribution in [1.29, 1.82) is 10.5 Å². The Morgan fingerprint density at radius 2 is 1.83 bits per heavy atom. The molecular formula is C42H46N14O2. The van der Waals surface area contributed by atoms with Crippen molar-refractivity contribution in [3.05, 3.63) is 72.2 Å². The topological polar surface area (TPSA) is 199 Å². The Labute approximate surface area is 336 Å². The first-order chi connectivity index (χ1) is 28.2. The normalized spacial score (nSPS) is 25.3. The highest BCUT2D eigenvalue weighted by molar-refractivity contribution is 6.03. The zero-order valence-corrected chi connectivity index (χ0v) is 32.8. The Bertz CT molecular complexity index is 2440. The van der Waals surface area contributed by atoms with Crippen LogP contribution in [0.2, 0.25) is 0 Å². The summed E-state index contributed by atoms with van der Waals surface area (Å²) in [7, 11) is 0. The molecular weight excluding hydrogens is 733 g/mol. The van der Waals surface area contributed by atoms with Crippen molar-refractivity contribution in [2.45, 2.75) is 101 Å². The fourth-order valence-electron chi connectivity index (χ4n) is 9.55. The van der Waals surface area contributed by atoms with Gasteiger partial charge in [-0.3, -0.25) is 24.8 Å². The van der Waals surface area contributed by atoms with Gasteiger partial charge in [-0.15, -0.1) is 5.10 Å². The lowest BCUT2D eigenvalue weighted by Gasteiger charge is -2.32. The molecule has 0 bridgehead atoms. The number of hydrogen-bond acceptors (Lipinski definition) is 13. The smallest absolute Gasteiger partial charge is 0.238 e. The average Bonchev–Trinajstić information content (AvgIpc) is 4.07. The zero-order valence-electron chi connectivity index (χ0n) is 32.8. The molecule has 0 aromatic carbocycles. The number of carbonyl (C=O) groups excluding carboxylic acids is 2. The number of nitrogens with zero attached hydrogens (tertiary/aromatic N) is 12. The van der Waals surface area contributed by atoms with E-state index in [2.05, 4.69) is 64.0 Å². The van der Waals surface area contributed by atoms with Crippen molar-refractivity contribution >= 4 is 34.2 Å². The van der Waals surface area contributed by atoms with Crippen molar-refractivity contribution in [3.63, 3.8) is 0 Å². The number of hydrogen-bond donors (Lipinski definition) is 2. The lowest BCUT2D eigenvalue weighted by molar-refractivity contribution is -0.137. The fourth-order valence-corrected chi connectivity index (χ4v) is 9.55. The van der Waals surface area contributed by atoms with Crippen molar-refractivity contribution in [1.82, 2.24) is 49.9 Å². The summed E-state index contributed by atoms with van der Waals surface area (Å²) < 4.78 is 3.35. The SMILES string of the molecule is C[C@H](C#N)Nc1cc(-n2ncc3cc(C#N)cnc32)ncc1-n1cc(C2CCC(CCN3CC[C@H]4[C@@H]3CCN4c3ccc([C@@]4(C)CCC(=O)NC4=O)nc3)CC2)nn1. The van der Waals surface area contributed by atoms with E-state index in [1.165, 1.54) is 25.5 Å². The van der Waals surface area contributed by atoms with Gasteiger partial charge >= 0.3 is 0 Å². The summed E-state index contributed by atoms with van der Waals surface area (Å²) in [6.07, 6.45) is 17.6. The van der Waals surface area contributed by atoms with E-state index in [1.807, 2.05) is 31.5 Å². The van der Waals surface area contributed by atoms with Gasteiger partial charge in [-0.2, -0.15) is 20.3 Å². The van der Waals surface area contributed by atoms with Gasteiger partial charge in [-0.25, -0.2) is 14.6 Å². The highest BCUT2D eigenvalue weighted by Crippen LogP contribution is 2.40. The lowest BCUT2D eigenvalue weighted by Crippen LogP contribution is -2.50. The molecule has 16 heteroatoms. The van der Waals surface area contributed by atoms with Gasteiger partial charge in [0.15, 0.2) is 11.5 Å². The molecule has 0 spiro atoms. The van der Waals surface area contributed by atoms with Gasteiger partial charge in [0.2, 0.25) is 11.8 Å². The minimum atomic E-state index is -0.782. The number of anilines is 2. The molecule has 0 unspecified atom stereocenters. The van der Waals surface area contributed by atoms with Gasteiger partial charge in [-0.05, 0) is 95.9 Å². The van der Waals surface area contributed by atoms with Crippen LogP contribution in [0.5, 0.6) is 0 Å². The van der Waals surface area contributed by atoms with E-state index in [9.17, 15) is 20.1 Å². The number of likely N-dealkylation sites (tertiary alicyclic amines) is 1. The second-order valence-corrected chi connectivity index (χ2v) is 16.5. The number of nitriles is 2. The first-order valence-electron chi connectivity index (χ1n) is 20.4. The van der Waals surface area contributed by atoms with E-state index in [1.54, 1.807) is 34.7 Å². The zero-order chi connectivity index (χ0) is 40.0. The first kappa shape index (κ1) is 37.3. The number of rotatable bonds is 10. The summed E-state index contributed by atoms with van der Waals surface area (Å²) in [4.78, 5) is 43.5. The minimum Gasteiger partial charge on any atom is -0.368 e. The molecule has 3 aliphatic heterocycles. The van der Waals surface area contributed by atoms with Gasteiger partial charge < -0.3 is 10.2 Å². The van der Waals surface area contributed by atoms with Crippen LogP contribution in [0.1, 0.15) is 94.5 Å². The molecule has 3 saturated heterocycles. The molecule has 1 saturated carbocycles. The number of nitrogens with one attached hydrogen (secondary N) is 2. The number of fused-ring (bicyclic) bond motifs is 2. The molecule has 4 fully saturated rings. The second kappa shape index (κ2) is 15.2. The third kappa shape index (κ3) is 6.91. The highest BCUT2D eigenvalue weighted by atomic mass is 16.2. The Balaban J connectivity index is 0.799. The maximum Gasteiger partial charge on any atom is 0.238 e. The van der Waals surface area contributed by atoms with Gasteiger partial charge in [0.1, 0.15) is 17.8 Å². The quantitative estimate of drug-likeness (QED) is 0.185. The van der Waals surface area contributed by atoms with Crippen LogP contribution in [0, 0.1) is 28.6 Å². The number of pyridine rings is 3. The number of carbonyl (C=O) groups is 2. The third-order valence-electron chi connectivity index (χ3n) is 13.0. The first-order valence-corrected chi connectivity index (χ1v) is 20.4. The standard InChI is InChI=1S/C42H46N14O2/c1-26(19-43)49-32-18-38(56-40-30(22-48-56)17-28(20-44)21-47-40)46-24-36(32)55-25-33(51-52-55)29-5-3-27(4-6-29)10-14-53-15-11-35-34(53)12-16-54(35)31-7-8-37(45-23-31)42(2)13-9-39(57)50-41(42)58/h7-8,17-18,21-27,29,34-35H,3-6,9-16H2,1-2H3,(H,46,49)(H,50,57,58)/t26-,27?,29?,34+,35+,42-/m1/s1. The van der Waals surface area contributed by atoms with Crippen LogP contribution in [0.4, 0.5) is 11.4 Å². The largest absolute Gasteiger partial charge is 0.368 e. The lowest BCUT2D eigenvalue weighted by atomic mass is 9.78. The van der Waals surface area contributed by atoms with E-state index < -0.39 is 11.5 Å². The van der Waals surface area contributed by atoms with E-state index in [0.717, 1.165) is 67.8 Å². The molecule has 1 aliphatic carbocycles. The molecule has 0 radical (unpaired) electrons. The van der Waals surface area contributed by atoms with Crippen LogP contribution in [-0.4, -0.2) is 94.2 Å². The summed E-state index contributed by atoms with van der Waals surface area (Å²) in [6.45, 7) is 6.90. The molecule has 5 aromatic heterocycles. The van der Waals surface area contributed by atoms with Crippen LogP contribution >= 0.6 is 0 Å². The summed E-state index contributed by atoms with van der Waals surface area (Å²) in [6, 6.07) is 12.5. The van der Waals surface area contributed by atoms with Gasteiger partial charge in [0, 0.05) is 55.2 Å². The maximum absolute atomic E-state index is 12.7. The van der Waals surface area contributed by atoms with E-state index in [4.69, 9.17) is 4.98 Å². The molecule has 296 valence electrons. The summed E-state index contributed by atoms with van der Waals surface area (Å²) >= 11 is 0. The molecule has 5 aromatic rings. The Kier molecular flexibility index (Phi) is 9.81. The highest BCUT2D eigenvalue weighted by Gasteiger charge is 2.44. The molecule has 8 heterocycles. The monoisotopic (exact) mass is 778 g/mol. The van der Waals surface area contributed by atoms with Gasteiger partial charge in [-0.1, -0.05) is 5.21 Å². The van der Waals surface area contributed by atoms with Gasteiger partial charge in [0.25, 0.3) is 0 Å². The van der Waals surface area contributed by atoms with E-state index >= 15 is 0 Å². The molecule has 4 atom stereocenters. The maximum atomic E-state index is 12.7. The molecule has 9 rings (SSSR count). The van der Waals surface area contributed by atoms with Crippen molar-refractivity contribution < 1.29 is 9.59 Å². The van der Waals surface area contributed by atoms with Crippen molar-refractivity contribution in [2.24, 2.45) is 5.92 Å². The van der Waals surface area contributed by atoms with Crippen LogP contribution < -0.4 is 15.5 Å². The number of amides is 2. The Morgan fingerprint density at radius 1 is 0.983 bits per heavy atom. The van der Waals surface area contributed by atoms with Crippen LogP contribution in [-0.2, 0) is 15.0 Å². The fraction of sp³-hybridized carbons (Fsp3) is 0.476. The number of aromatic nitrogens is 8. The van der Waals surface area contributed by atoms with E-state index in [-0.39, 0.29) is 11.8 Å². The number of piperidine rings is 1. The van der Waals surface area contributed by atoms with Crippen LogP contribution in [0.25, 0.3) is 22.5 Å². The summed E-state index contributed by atoms with van der Waals surface area (Å²) in [5.74, 6) is 1.06. The van der Waals surface area contributed by atoms with Crippen molar-refractivity contribution in [3.8, 4) is 23.6 Å². The summed E-state index contributed by atoms with van der Waals surface area (Å²) in [5.41, 5.74) is 4.40. The molecule has 4 aliphatic rings. The Hall–Kier alpha value is -6.26.